The Labute approximate surface area is 378 Å². The maximum absolute atomic E-state index is 14.9. The predicted octanol–water partition coefficient (Wildman–Crippen LogP) is 9.41. The van der Waals surface area contributed by atoms with Crippen molar-refractivity contribution >= 4 is 47.4 Å². The topological polar surface area (TPSA) is 134 Å². The summed E-state index contributed by atoms with van der Waals surface area (Å²) in [6.07, 6.45) is -0.793. The number of carbonyl (C=O) groups excluding carboxylic acids is 3. The molecule has 0 aliphatic rings. The fourth-order valence-corrected chi connectivity index (χ4v) is 10.6. The van der Waals surface area contributed by atoms with Crippen LogP contribution in [0, 0.1) is 0 Å². The zero-order valence-corrected chi connectivity index (χ0v) is 37.5. The molecule has 0 spiro atoms. The van der Waals surface area contributed by atoms with Crippen molar-refractivity contribution in [1.82, 2.24) is 16.0 Å². The molecule has 0 unspecified atom stereocenters. The lowest BCUT2D eigenvalue weighted by molar-refractivity contribution is -0.146. The van der Waals surface area contributed by atoms with Gasteiger partial charge in [-0.05, 0) is 61.1 Å². The molecule has 0 aromatic heterocycles. The van der Waals surface area contributed by atoms with E-state index in [1.165, 1.54) is 30.4 Å². The zero-order valence-electron chi connectivity index (χ0n) is 35.8. The average molecular weight is 880 g/mol. The number of carboxylic acid groups (broad SMARTS) is 1. The monoisotopic (exact) mass is 879 g/mol. The van der Waals surface area contributed by atoms with Gasteiger partial charge in [-0.3, -0.25) is 9.59 Å². The quantitative estimate of drug-likeness (QED) is 0.0628. The molecule has 4 N–H and O–H groups in total. The van der Waals surface area contributed by atoms with E-state index in [0.29, 0.717) is 0 Å². The van der Waals surface area contributed by atoms with Crippen LogP contribution in [0.3, 0.4) is 0 Å². The second-order valence-corrected chi connectivity index (χ2v) is 18.7. The summed E-state index contributed by atoms with van der Waals surface area (Å²) in [5.74, 6) is -2.67. The summed E-state index contributed by atoms with van der Waals surface area (Å²) in [6.45, 7) is 6.15. The number of thioether (sulfide) groups is 2. The molecule has 6 rings (SSSR count). The third-order valence-electron chi connectivity index (χ3n) is 10.4. The summed E-state index contributed by atoms with van der Waals surface area (Å²) in [6, 6.07) is 58.2. The lowest BCUT2D eigenvalue weighted by Crippen LogP contribution is -2.60. The highest BCUT2D eigenvalue weighted by Gasteiger charge is 2.45. The predicted molar refractivity (Wildman–Crippen MR) is 254 cm³/mol. The molecule has 0 saturated carbocycles. The van der Waals surface area contributed by atoms with Crippen LogP contribution < -0.4 is 16.0 Å². The highest BCUT2D eigenvalue weighted by molar-refractivity contribution is 8.01. The van der Waals surface area contributed by atoms with E-state index < -0.39 is 57.1 Å². The third kappa shape index (κ3) is 11.2. The number of carbonyl (C=O) groups is 4. The Balaban J connectivity index is 1.37. The van der Waals surface area contributed by atoms with Crippen molar-refractivity contribution in [1.29, 1.82) is 0 Å². The van der Waals surface area contributed by atoms with Crippen molar-refractivity contribution in [2.24, 2.45) is 0 Å². The van der Waals surface area contributed by atoms with Crippen LogP contribution in [0.4, 0.5) is 4.79 Å². The van der Waals surface area contributed by atoms with Gasteiger partial charge in [-0.1, -0.05) is 182 Å². The van der Waals surface area contributed by atoms with Crippen molar-refractivity contribution < 1.29 is 29.0 Å². The van der Waals surface area contributed by atoms with Crippen LogP contribution >= 0.6 is 23.5 Å². The number of nitrogens with one attached hydrogen (secondary N) is 3. The van der Waals surface area contributed by atoms with Gasteiger partial charge in [0.15, 0.2) is 0 Å². The Hall–Kier alpha value is -6.30. The van der Waals surface area contributed by atoms with E-state index in [1.807, 2.05) is 182 Å². The van der Waals surface area contributed by atoms with Gasteiger partial charge in [-0.2, -0.15) is 0 Å². The number of alkyl carbamates (subject to hydrolysis) is 1. The molecule has 0 aliphatic heterocycles. The van der Waals surface area contributed by atoms with Gasteiger partial charge >= 0.3 is 12.1 Å². The van der Waals surface area contributed by atoms with Crippen LogP contribution in [-0.4, -0.2) is 64.2 Å². The second kappa shape index (κ2) is 20.7. The van der Waals surface area contributed by atoms with Crippen molar-refractivity contribution in [2.75, 3.05) is 18.1 Å². The van der Waals surface area contributed by atoms with Gasteiger partial charge in [-0.25, -0.2) is 9.59 Å². The van der Waals surface area contributed by atoms with Crippen LogP contribution in [-0.2, 0) is 28.6 Å². The fourth-order valence-electron chi connectivity index (χ4n) is 7.40. The molecule has 11 heteroatoms. The summed E-state index contributed by atoms with van der Waals surface area (Å²) in [5, 5.41) is 19.2. The average Bonchev–Trinajstić information content (AvgIpc) is 3.30. The Morgan fingerprint density at radius 2 is 0.873 bits per heavy atom. The highest BCUT2D eigenvalue weighted by atomic mass is 32.2. The molecule has 0 heterocycles. The smallest absolute Gasteiger partial charge is 0.408 e. The molecule has 0 saturated heterocycles. The number of hydrogen-bond donors (Lipinski definition) is 4. The number of ether oxygens (including phenoxy) is 1. The normalized spacial score (nSPS) is 13.1. The van der Waals surface area contributed by atoms with Crippen molar-refractivity contribution in [3.05, 3.63) is 215 Å². The van der Waals surface area contributed by atoms with Gasteiger partial charge in [0, 0.05) is 11.5 Å². The Kier molecular flexibility index (Phi) is 15.2. The molecule has 0 bridgehead atoms. The molecule has 0 fully saturated rings. The van der Waals surface area contributed by atoms with Gasteiger partial charge in [0.25, 0.3) is 0 Å². The molecule has 6 aromatic carbocycles. The van der Waals surface area contributed by atoms with E-state index >= 15 is 0 Å². The lowest BCUT2D eigenvalue weighted by atomic mass is 9.84. The zero-order chi connectivity index (χ0) is 44.9. The summed E-state index contributed by atoms with van der Waals surface area (Å²) in [7, 11) is 0. The van der Waals surface area contributed by atoms with Gasteiger partial charge < -0.3 is 25.8 Å². The van der Waals surface area contributed by atoms with Gasteiger partial charge in [0.05, 0.1) is 9.49 Å². The van der Waals surface area contributed by atoms with Crippen LogP contribution in [0.1, 0.15) is 61.1 Å². The molecule has 324 valence electrons. The minimum Gasteiger partial charge on any atom is -0.479 e. The molecule has 0 aliphatic carbocycles. The summed E-state index contributed by atoms with van der Waals surface area (Å²) in [5.41, 5.74) is 3.00. The molecular weight excluding hydrogens is 827 g/mol. The van der Waals surface area contributed by atoms with Gasteiger partial charge in [-0.15, -0.1) is 23.5 Å². The van der Waals surface area contributed by atoms with Crippen LogP contribution in [0.2, 0.25) is 0 Å². The first-order valence-corrected chi connectivity index (χ1v) is 22.7. The van der Waals surface area contributed by atoms with E-state index in [4.69, 9.17) is 4.74 Å². The molecule has 63 heavy (non-hydrogen) atoms. The molecule has 3 amide bonds. The standard InChI is InChI=1S/C52H53N3O6S2/c1-49(2,3)61-48(60)53-35-45(56)54-44(36-62-51(38-23-11-5-12-24-38,39-25-13-6-14-26-39)40-27-15-7-16-28-40)46(57)55-50(4,47(58)59)37-63-52(41-29-17-8-18-30-41,42-31-19-9-20-32-42)43-33-21-10-22-34-43/h5-34,44H,35-37H2,1-4H3,(H,53,60)(H,54,56)(H,55,57)(H,58,59)/t44-,50-/m0/s1. The second-order valence-electron chi connectivity index (χ2n) is 16.3. The molecule has 2 atom stereocenters. The summed E-state index contributed by atoms with van der Waals surface area (Å²) in [4.78, 5) is 54.6. The summed E-state index contributed by atoms with van der Waals surface area (Å²) < 4.78 is 3.60. The Bertz CT molecular complexity index is 2230. The van der Waals surface area contributed by atoms with E-state index in [9.17, 15) is 24.3 Å². The van der Waals surface area contributed by atoms with E-state index in [1.54, 1.807) is 20.8 Å². The maximum atomic E-state index is 14.9. The number of amides is 3. The number of hydrogen-bond acceptors (Lipinski definition) is 7. The minimum absolute atomic E-state index is 0.00746. The molecule has 6 aromatic rings. The first-order chi connectivity index (χ1) is 30.3. The molecule has 9 nitrogen and oxygen atoms in total. The Morgan fingerprint density at radius 3 is 1.19 bits per heavy atom. The van der Waals surface area contributed by atoms with E-state index in [-0.39, 0.29) is 11.5 Å². The SMILES string of the molecule is CC(C)(C)OC(=O)NCC(=O)N[C@@H](CSC(c1ccccc1)(c1ccccc1)c1ccccc1)C(=O)N[C@@](C)(CSC(c1ccccc1)(c1ccccc1)c1ccccc1)C(=O)O. The van der Waals surface area contributed by atoms with Crippen LogP contribution in [0.15, 0.2) is 182 Å². The lowest BCUT2D eigenvalue weighted by Gasteiger charge is -2.39. The van der Waals surface area contributed by atoms with Crippen molar-refractivity contribution in [2.45, 2.75) is 54.4 Å². The third-order valence-corrected chi connectivity index (χ3v) is 13.9. The fraction of sp³-hybridized carbons (Fsp3) is 0.231. The number of carboxylic acids is 1. The van der Waals surface area contributed by atoms with Crippen molar-refractivity contribution in [3.8, 4) is 0 Å². The summed E-state index contributed by atoms with van der Waals surface area (Å²) >= 11 is 2.85. The van der Waals surface area contributed by atoms with E-state index in [0.717, 1.165) is 33.4 Å². The number of benzene rings is 6. The van der Waals surface area contributed by atoms with E-state index in [2.05, 4.69) is 16.0 Å². The van der Waals surface area contributed by atoms with Crippen LogP contribution in [0.5, 0.6) is 0 Å². The van der Waals surface area contributed by atoms with Gasteiger partial charge in [0.1, 0.15) is 23.7 Å². The first kappa shape index (κ1) is 46.2. The van der Waals surface area contributed by atoms with Crippen molar-refractivity contribution in [3.63, 3.8) is 0 Å². The van der Waals surface area contributed by atoms with Crippen LogP contribution in [0.25, 0.3) is 0 Å². The minimum atomic E-state index is -1.83. The van der Waals surface area contributed by atoms with Gasteiger partial charge in [0.2, 0.25) is 11.8 Å². The number of aliphatic carboxylic acids is 1. The molecular formula is C52H53N3O6S2. The first-order valence-electron chi connectivity index (χ1n) is 20.7. The Morgan fingerprint density at radius 1 is 0.540 bits per heavy atom. The molecule has 0 radical (unpaired) electrons. The number of rotatable bonds is 18. The highest BCUT2D eigenvalue weighted by Crippen LogP contribution is 2.50. The maximum Gasteiger partial charge on any atom is 0.408 e. The largest absolute Gasteiger partial charge is 0.479 e.